The van der Waals surface area contributed by atoms with Gasteiger partial charge < -0.3 is 9.84 Å². The van der Waals surface area contributed by atoms with E-state index in [1.165, 1.54) is 0 Å². The van der Waals surface area contributed by atoms with Gasteiger partial charge in [-0.25, -0.2) is 0 Å². The normalized spacial score (nSPS) is 39.9. The van der Waals surface area contributed by atoms with E-state index in [4.69, 9.17) is 4.74 Å². The van der Waals surface area contributed by atoms with Crippen molar-refractivity contribution in [1.82, 2.24) is 0 Å². The first-order valence-corrected chi connectivity index (χ1v) is 5.65. The molecule has 84 valence electrons. The maximum absolute atomic E-state index is 9.95. The fourth-order valence-corrected chi connectivity index (χ4v) is 2.39. The Balaban J connectivity index is 2.58. The molecule has 0 radical (unpaired) electrons. The van der Waals surface area contributed by atoms with E-state index in [9.17, 15) is 5.11 Å². The summed E-state index contributed by atoms with van der Waals surface area (Å²) < 4.78 is 5.90. The lowest BCUT2D eigenvalue weighted by Gasteiger charge is -2.40. The molecule has 2 heteroatoms. The van der Waals surface area contributed by atoms with Crippen molar-refractivity contribution in [3.63, 3.8) is 0 Å². The van der Waals surface area contributed by atoms with Crippen LogP contribution in [0.3, 0.4) is 0 Å². The average Bonchev–Trinajstić information content (AvgIpc) is 1.95. The summed E-state index contributed by atoms with van der Waals surface area (Å²) >= 11 is 0. The van der Waals surface area contributed by atoms with Crippen LogP contribution in [0.25, 0.3) is 0 Å². The zero-order valence-electron chi connectivity index (χ0n) is 10.1. The highest BCUT2D eigenvalue weighted by molar-refractivity contribution is 4.85. The van der Waals surface area contributed by atoms with Gasteiger partial charge in [0.05, 0.1) is 17.8 Å². The number of ether oxygens (including phenoxy) is 1. The van der Waals surface area contributed by atoms with Crippen molar-refractivity contribution in [2.75, 3.05) is 0 Å². The summed E-state index contributed by atoms with van der Waals surface area (Å²) in [4.78, 5) is 0. The monoisotopic (exact) mass is 200 g/mol. The van der Waals surface area contributed by atoms with Gasteiger partial charge in [0, 0.05) is 0 Å². The van der Waals surface area contributed by atoms with Gasteiger partial charge in [0.15, 0.2) is 0 Å². The number of hydrogen-bond donors (Lipinski definition) is 1. The van der Waals surface area contributed by atoms with Crippen molar-refractivity contribution in [3.8, 4) is 0 Å². The van der Waals surface area contributed by atoms with Crippen LogP contribution in [0.1, 0.15) is 47.5 Å². The van der Waals surface area contributed by atoms with Crippen LogP contribution in [0, 0.1) is 11.8 Å². The van der Waals surface area contributed by atoms with Gasteiger partial charge in [-0.05, 0) is 45.4 Å². The third-order valence-corrected chi connectivity index (χ3v) is 2.85. The minimum absolute atomic E-state index is 0.0196. The molecule has 0 aliphatic heterocycles. The van der Waals surface area contributed by atoms with Crippen LogP contribution in [-0.4, -0.2) is 22.9 Å². The van der Waals surface area contributed by atoms with Gasteiger partial charge in [0.2, 0.25) is 0 Å². The smallest absolute Gasteiger partial charge is 0.0866 e. The maximum Gasteiger partial charge on any atom is 0.0866 e. The second kappa shape index (κ2) is 4.19. The summed E-state index contributed by atoms with van der Waals surface area (Å²) in [5, 5.41) is 9.95. The molecule has 0 aromatic heterocycles. The molecule has 0 bridgehead atoms. The Morgan fingerprint density at radius 2 is 1.71 bits per heavy atom. The minimum atomic E-state index is -0.284. The van der Waals surface area contributed by atoms with E-state index in [0.717, 1.165) is 12.8 Å². The van der Waals surface area contributed by atoms with Crippen molar-refractivity contribution in [1.29, 1.82) is 0 Å². The van der Waals surface area contributed by atoms with Crippen LogP contribution in [0.5, 0.6) is 0 Å². The molecule has 1 aliphatic carbocycles. The van der Waals surface area contributed by atoms with Crippen molar-refractivity contribution >= 4 is 0 Å². The lowest BCUT2D eigenvalue weighted by Crippen LogP contribution is -2.44. The number of aliphatic hydroxyl groups is 1. The molecular weight excluding hydrogens is 176 g/mol. The van der Waals surface area contributed by atoms with Crippen LogP contribution in [0.15, 0.2) is 0 Å². The van der Waals surface area contributed by atoms with Gasteiger partial charge in [-0.15, -0.1) is 0 Å². The molecule has 1 N–H and O–H groups in total. The van der Waals surface area contributed by atoms with Crippen LogP contribution in [0.2, 0.25) is 0 Å². The summed E-state index contributed by atoms with van der Waals surface area (Å²) in [6.07, 6.45) is 1.78. The Morgan fingerprint density at radius 3 is 2.14 bits per heavy atom. The largest absolute Gasteiger partial charge is 0.390 e. The highest BCUT2D eigenvalue weighted by Crippen LogP contribution is 2.33. The van der Waals surface area contributed by atoms with E-state index < -0.39 is 0 Å². The molecule has 1 saturated carbocycles. The van der Waals surface area contributed by atoms with Crippen LogP contribution >= 0.6 is 0 Å². The van der Waals surface area contributed by atoms with Gasteiger partial charge in [0.1, 0.15) is 0 Å². The average molecular weight is 200 g/mol. The maximum atomic E-state index is 9.95. The Hall–Kier alpha value is -0.0800. The Bertz CT molecular complexity index is 171. The third kappa shape index (κ3) is 3.25. The molecule has 0 aromatic rings. The van der Waals surface area contributed by atoms with Crippen molar-refractivity contribution < 1.29 is 9.84 Å². The number of hydrogen-bond acceptors (Lipinski definition) is 2. The minimum Gasteiger partial charge on any atom is -0.390 e. The van der Waals surface area contributed by atoms with Crippen molar-refractivity contribution in [2.24, 2.45) is 11.8 Å². The second-order valence-electron chi connectivity index (χ2n) is 5.82. The van der Waals surface area contributed by atoms with Gasteiger partial charge in [-0.2, -0.15) is 0 Å². The van der Waals surface area contributed by atoms with E-state index in [-0.39, 0.29) is 17.8 Å². The highest BCUT2D eigenvalue weighted by atomic mass is 16.5. The number of rotatable bonds is 1. The van der Waals surface area contributed by atoms with E-state index in [1.54, 1.807) is 0 Å². The lowest BCUT2D eigenvalue weighted by atomic mass is 9.79. The standard InChI is InChI=1S/C12H24O2/c1-8-6-9(2)11(10(13)7-8)14-12(3,4)5/h8-11,13H,6-7H2,1-5H3. The predicted octanol–water partition coefficient (Wildman–Crippen LogP) is 2.60. The summed E-state index contributed by atoms with van der Waals surface area (Å²) in [6, 6.07) is 0. The molecular formula is C12H24O2. The SMILES string of the molecule is CC1CC(C)C(OC(C)(C)C)C(O)C1. The van der Waals surface area contributed by atoms with Gasteiger partial charge in [-0.1, -0.05) is 13.8 Å². The first kappa shape index (κ1) is 12.0. The third-order valence-electron chi connectivity index (χ3n) is 2.85. The predicted molar refractivity (Wildman–Crippen MR) is 58.2 cm³/mol. The molecule has 0 aromatic carbocycles. The van der Waals surface area contributed by atoms with Gasteiger partial charge in [0.25, 0.3) is 0 Å². The van der Waals surface area contributed by atoms with Crippen LogP contribution in [0.4, 0.5) is 0 Å². The zero-order valence-corrected chi connectivity index (χ0v) is 10.1. The first-order valence-electron chi connectivity index (χ1n) is 5.65. The van der Waals surface area contributed by atoms with Crippen molar-refractivity contribution in [2.45, 2.75) is 65.3 Å². The molecule has 1 fully saturated rings. The molecule has 1 rings (SSSR count). The molecule has 2 nitrogen and oxygen atoms in total. The summed E-state index contributed by atoms with van der Waals surface area (Å²) in [7, 11) is 0. The van der Waals surface area contributed by atoms with E-state index >= 15 is 0 Å². The Labute approximate surface area is 87.7 Å². The van der Waals surface area contributed by atoms with Gasteiger partial charge >= 0.3 is 0 Å². The van der Waals surface area contributed by atoms with Gasteiger partial charge in [-0.3, -0.25) is 0 Å². The van der Waals surface area contributed by atoms with E-state index in [1.807, 2.05) is 20.8 Å². The molecule has 14 heavy (non-hydrogen) atoms. The Kier molecular flexibility index (Phi) is 3.59. The summed E-state index contributed by atoms with van der Waals surface area (Å²) in [5.74, 6) is 1.09. The molecule has 1 aliphatic rings. The van der Waals surface area contributed by atoms with E-state index in [2.05, 4.69) is 13.8 Å². The highest BCUT2D eigenvalue weighted by Gasteiger charge is 2.35. The molecule has 0 saturated heterocycles. The Morgan fingerprint density at radius 1 is 1.14 bits per heavy atom. The summed E-state index contributed by atoms with van der Waals surface area (Å²) in [6.45, 7) is 10.5. The second-order valence-corrected chi connectivity index (χ2v) is 5.82. The van der Waals surface area contributed by atoms with Crippen molar-refractivity contribution in [3.05, 3.63) is 0 Å². The van der Waals surface area contributed by atoms with E-state index in [0.29, 0.717) is 11.8 Å². The zero-order chi connectivity index (χ0) is 10.9. The van der Waals surface area contributed by atoms with Crippen LogP contribution in [-0.2, 0) is 4.74 Å². The quantitative estimate of drug-likeness (QED) is 0.705. The fraction of sp³-hybridized carbons (Fsp3) is 1.00. The molecule has 0 amide bonds. The van der Waals surface area contributed by atoms with Crippen LogP contribution < -0.4 is 0 Å². The molecule has 0 heterocycles. The topological polar surface area (TPSA) is 29.5 Å². The summed E-state index contributed by atoms with van der Waals surface area (Å²) in [5.41, 5.74) is -0.152. The molecule has 0 spiro atoms. The fourth-order valence-electron chi connectivity index (χ4n) is 2.39. The molecule has 4 unspecified atom stereocenters. The number of aliphatic hydroxyl groups excluding tert-OH is 1. The molecule has 4 atom stereocenters. The first-order chi connectivity index (χ1) is 6.29. The lowest BCUT2D eigenvalue weighted by molar-refractivity contribution is -0.151.